The summed E-state index contributed by atoms with van der Waals surface area (Å²) < 4.78 is 5.43. The van der Waals surface area contributed by atoms with E-state index in [4.69, 9.17) is 4.74 Å². The highest BCUT2D eigenvalue weighted by Crippen LogP contribution is 2.20. The number of nitrogens with one attached hydrogen (secondary N) is 1. The molecule has 1 amide bonds. The molecule has 1 aliphatic rings. The van der Waals surface area contributed by atoms with Crippen molar-refractivity contribution in [3.05, 3.63) is 0 Å². The number of hydrogen-bond acceptors (Lipinski definition) is 3. The maximum atomic E-state index is 11.0. The number of aliphatic hydroxyl groups excluding tert-OH is 1. The van der Waals surface area contributed by atoms with Gasteiger partial charge in [-0.25, -0.2) is 0 Å². The van der Waals surface area contributed by atoms with Gasteiger partial charge in [0.2, 0.25) is 5.91 Å². The van der Waals surface area contributed by atoms with Crippen LogP contribution in [0.2, 0.25) is 0 Å². The van der Waals surface area contributed by atoms with Crippen molar-refractivity contribution in [2.45, 2.75) is 45.4 Å². The Labute approximate surface area is 84.6 Å². The van der Waals surface area contributed by atoms with Crippen molar-refractivity contribution in [3.8, 4) is 0 Å². The van der Waals surface area contributed by atoms with Crippen LogP contribution in [0.25, 0.3) is 0 Å². The summed E-state index contributed by atoms with van der Waals surface area (Å²) in [6.07, 6.45) is 2.40. The molecule has 0 bridgehead atoms. The first-order valence-corrected chi connectivity index (χ1v) is 5.27. The molecule has 1 aliphatic heterocycles. The molecular formula is C10H19NO3. The zero-order valence-corrected chi connectivity index (χ0v) is 8.82. The van der Waals surface area contributed by atoms with Crippen LogP contribution in [0.5, 0.6) is 0 Å². The van der Waals surface area contributed by atoms with E-state index in [1.54, 1.807) is 6.92 Å². The van der Waals surface area contributed by atoms with E-state index in [0.29, 0.717) is 6.61 Å². The number of β-lactam (4-membered cyclic amide) rings is 1. The van der Waals surface area contributed by atoms with Gasteiger partial charge in [0.05, 0.1) is 6.10 Å². The van der Waals surface area contributed by atoms with E-state index < -0.39 is 6.10 Å². The van der Waals surface area contributed by atoms with Gasteiger partial charge >= 0.3 is 0 Å². The first-order valence-electron chi connectivity index (χ1n) is 5.27. The summed E-state index contributed by atoms with van der Waals surface area (Å²) in [6.45, 7) is 4.40. The van der Waals surface area contributed by atoms with Crippen LogP contribution in [0.1, 0.15) is 33.1 Å². The lowest BCUT2D eigenvalue weighted by Gasteiger charge is -2.37. The molecule has 3 atom stereocenters. The van der Waals surface area contributed by atoms with Crippen molar-refractivity contribution in [3.63, 3.8) is 0 Å². The molecule has 0 aromatic heterocycles. The van der Waals surface area contributed by atoms with Gasteiger partial charge in [-0.05, 0) is 13.3 Å². The second kappa shape index (κ2) is 5.32. The first-order chi connectivity index (χ1) is 6.66. The number of amides is 1. The Morgan fingerprint density at radius 1 is 1.57 bits per heavy atom. The zero-order chi connectivity index (χ0) is 10.6. The van der Waals surface area contributed by atoms with E-state index in [2.05, 4.69) is 12.2 Å². The van der Waals surface area contributed by atoms with Crippen LogP contribution in [0.4, 0.5) is 0 Å². The standard InChI is InChI=1S/C10H19NO3/c1-3-4-5-6-14-10-8(7(2)12)9(13)11-10/h7-8,10,12H,3-6H2,1-2H3,(H,11,13)/t7-,8?,10?/m1/s1. The maximum absolute atomic E-state index is 11.0. The van der Waals surface area contributed by atoms with Crippen molar-refractivity contribution >= 4 is 5.91 Å². The van der Waals surface area contributed by atoms with Gasteiger partial charge in [-0.1, -0.05) is 19.8 Å². The number of hydrogen-bond donors (Lipinski definition) is 2. The normalized spacial score (nSPS) is 28.1. The Hall–Kier alpha value is -0.610. The Morgan fingerprint density at radius 2 is 2.29 bits per heavy atom. The van der Waals surface area contributed by atoms with Gasteiger partial charge in [0.15, 0.2) is 0 Å². The lowest BCUT2D eigenvalue weighted by atomic mass is 9.93. The quantitative estimate of drug-likeness (QED) is 0.490. The summed E-state index contributed by atoms with van der Waals surface area (Å²) in [7, 11) is 0. The van der Waals surface area contributed by atoms with Gasteiger partial charge < -0.3 is 15.2 Å². The summed E-state index contributed by atoms with van der Waals surface area (Å²) in [5, 5.41) is 11.9. The minimum absolute atomic E-state index is 0.111. The van der Waals surface area contributed by atoms with Crippen LogP contribution in [0.3, 0.4) is 0 Å². The van der Waals surface area contributed by atoms with E-state index in [9.17, 15) is 9.90 Å². The first kappa shape index (κ1) is 11.5. The van der Waals surface area contributed by atoms with E-state index in [1.165, 1.54) is 0 Å². The fourth-order valence-electron chi connectivity index (χ4n) is 1.55. The topological polar surface area (TPSA) is 58.6 Å². The van der Waals surface area contributed by atoms with E-state index in [-0.39, 0.29) is 18.1 Å². The van der Waals surface area contributed by atoms with Gasteiger partial charge in [0.25, 0.3) is 0 Å². The highest BCUT2D eigenvalue weighted by atomic mass is 16.5. The van der Waals surface area contributed by atoms with Crippen molar-refractivity contribution in [2.75, 3.05) is 6.61 Å². The second-order valence-corrected chi connectivity index (χ2v) is 3.77. The molecule has 0 saturated carbocycles. The van der Waals surface area contributed by atoms with Crippen LogP contribution in [-0.4, -0.2) is 30.0 Å². The largest absolute Gasteiger partial charge is 0.392 e. The van der Waals surface area contributed by atoms with E-state index in [0.717, 1.165) is 19.3 Å². The third-order valence-corrected chi connectivity index (χ3v) is 2.48. The van der Waals surface area contributed by atoms with Crippen LogP contribution in [0.15, 0.2) is 0 Å². The second-order valence-electron chi connectivity index (χ2n) is 3.77. The molecule has 0 aromatic carbocycles. The van der Waals surface area contributed by atoms with Crippen molar-refractivity contribution in [1.29, 1.82) is 0 Å². The number of carbonyl (C=O) groups excluding carboxylic acids is 1. The summed E-state index contributed by atoms with van der Waals surface area (Å²) in [6, 6.07) is 0. The molecule has 1 saturated heterocycles. The van der Waals surface area contributed by atoms with Crippen LogP contribution in [0, 0.1) is 5.92 Å². The molecule has 2 N–H and O–H groups in total. The van der Waals surface area contributed by atoms with Crippen LogP contribution in [-0.2, 0) is 9.53 Å². The Balaban J connectivity index is 2.16. The minimum Gasteiger partial charge on any atom is -0.392 e. The number of unbranched alkanes of at least 4 members (excludes halogenated alkanes) is 2. The third-order valence-electron chi connectivity index (χ3n) is 2.48. The molecule has 4 nitrogen and oxygen atoms in total. The third kappa shape index (κ3) is 2.69. The van der Waals surface area contributed by atoms with Crippen molar-refractivity contribution in [1.82, 2.24) is 5.32 Å². The lowest BCUT2D eigenvalue weighted by Crippen LogP contribution is -2.63. The van der Waals surface area contributed by atoms with Gasteiger partial charge in [0, 0.05) is 6.61 Å². The average molecular weight is 201 g/mol. The Morgan fingerprint density at radius 3 is 2.79 bits per heavy atom. The molecule has 0 aromatic rings. The predicted molar refractivity (Wildman–Crippen MR) is 52.6 cm³/mol. The Bertz CT molecular complexity index is 194. The molecular weight excluding hydrogens is 182 g/mol. The van der Waals surface area contributed by atoms with Crippen LogP contribution < -0.4 is 5.32 Å². The van der Waals surface area contributed by atoms with Gasteiger partial charge in [-0.15, -0.1) is 0 Å². The average Bonchev–Trinajstić information content (AvgIpc) is 2.08. The lowest BCUT2D eigenvalue weighted by molar-refractivity contribution is -0.163. The Kier molecular flexibility index (Phi) is 4.35. The molecule has 14 heavy (non-hydrogen) atoms. The molecule has 2 unspecified atom stereocenters. The van der Waals surface area contributed by atoms with Crippen molar-refractivity contribution in [2.24, 2.45) is 5.92 Å². The minimum atomic E-state index is -0.625. The fraction of sp³-hybridized carbons (Fsp3) is 0.900. The molecule has 1 rings (SSSR count). The van der Waals surface area contributed by atoms with E-state index >= 15 is 0 Å². The molecule has 82 valence electrons. The molecule has 0 spiro atoms. The summed E-state index contributed by atoms with van der Waals surface area (Å²) >= 11 is 0. The highest BCUT2D eigenvalue weighted by molar-refractivity contribution is 5.85. The van der Waals surface area contributed by atoms with Crippen LogP contribution >= 0.6 is 0 Å². The SMILES string of the molecule is CCCCCOC1NC(=O)C1[C@@H](C)O. The van der Waals surface area contributed by atoms with Gasteiger partial charge in [-0.3, -0.25) is 4.79 Å². The predicted octanol–water partition coefficient (Wildman–Crippen LogP) is 0.646. The number of rotatable bonds is 6. The number of carbonyl (C=O) groups is 1. The molecule has 0 radical (unpaired) electrons. The zero-order valence-electron chi connectivity index (χ0n) is 8.82. The monoisotopic (exact) mass is 201 g/mol. The molecule has 4 heteroatoms. The molecule has 0 aliphatic carbocycles. The van der Waals surface area contributed by atoms with Gasteiger partial charge in [-0.2, -0.15) is 0 Å². The fourth-order valence-corrected chi connectivity index (χ4v) is 1.55. The number of ether oxygens (including phenoxy) is 1. The smallest absolute Gasteiger partial charge is 0.232 e. The summed E-state index contributed by atoms with van der Waals surface area (Å²) in [4.78, 5) is 11.0. The summed E-state index contributed by atoms with van der Waals surface area (Å²) in [5.74, 6) is -0.489. The van der Waals surface area contributed by atoms with E-state index in [1.807, 2.05) is 0 Å². The number of aliphatic hydroxyl groups is 1. The van der Waals surface area contributed by atoms with Gasteiger partial charge in [0.1, 0.15) is 12.1 Å². The summed E-state index contributed by atoms with van der Waals surface area (Å²) in [5.41, 5.74) is 0. The highest BCUT2D eigenvalue weighted by Gasteiger charge is 2.43. The molecule has 1 heterocycles. The maximum Gasteiger partial charge on any atom is 0.232 e. The van der Waals surface area contributed by atoms with Crippen molar-refractivity contribution < 1.29 is 14.6 Å². The molecule has 1 fully saturated rings.